The van der Waals surface area contributed by atoms with Crippen LogP contribution in [-0.4, -0.2) is 4.98 Å². The Bertz CT molecular complexity index is 514. The molecule has 0 aliphatic carbocycles. The molecule has 1 nitrogen and oxygen atoms in total. The third-order valence-corrected chi connectivity index (χ3v) is 4.18. The first-order chi connectivity index (χ1) is 9.06. The smallest absolute Gasteiger partial charge is 0.0450 e. The molecule has 2 rings (SSSR count). The van der Waals surface area contributed by atoms with E-state index in [-0.39, 0.29) is 0 Å². The van der Waals surface area contributed by atoms with Crippen molar-refractivity contribution in [2.45, 2.75) is 37.9 Å². The van der Waals surface area contributed by atoms with Gasteiger partial charge in [0.15, 0.2) is 0 Å². The van der Waals surface area contributed by atoms with E-state index in [1.807, 2.05) is 6.20 Å². The zero-order chi connectivity index (χ0) is 13.8. The minimum absolute atomic E-state index is 0.323. The quantitative estimate of drug-likeness (QED) is 0.707. The summed E-state index contributed by atoms with van der Waals surface area (Å²) in [4.78, 5) is 4.78. The van der Waals surface area contributed by atoms with Gasteiger partial charge in [0.2, 0.25) is 0 Å². The van der Waals surface area contributed by atoms with Gasteiger partial charge in [0.25, 0.3) is 0 Å². The topological polar surface area (TPSA) is 12.9 Å². The number of nitrogens with zero attached hydrogens (tertiary/aromatic N) is 1. The molecule has 2 aromatic rings. The molecule has 0 aliphatic heterocycles. The number of aromatic nitrogens is 1. The Morgan fingerprint density at radius 2 is 1.63 bits per heavy atom. The van der Waals surface area contributed by atoms with Crippen molar-refractivity contribution in [2.75, 3.05) is 0 Å². The van der Waals surface area contributed by atoms with Crippen LogP contribution in [0.25, 0.3) is 0 Å². The van der Waals surface area contributed by atoms with E-state index in [0.29, 0.717) is 10.7 Å². The minimum Gasteiger partial charge on any atom is -0.261 e. The molecule has 0 N–H and O–H groups in total. The summed E-state index contributed by atoms with van der Waals surface area (Å²) in [5.41, 5.74) is 5.03. The third kappa shape index (κ3) is 3.90. The lowest BCUT2D eigenvalue weighted by molar-refractivity contribution is 0.859. The molecule has 2 heteroatoms. The van der Waals surface area contributed by atoms with Gasteiger partial charge in [0.1, 0.15) is 0 Å². The Labute approximate surface area is 124 Å². The standard InChI is InChI=1S/C17H20BrN/c1-12(2)14-5-7-15(8-6-14)17(18)10-16-9-4-13(3)11-19-16/h4-9,11-12,17H,10H2,1-3H3. The molecule has 0 fully saturated rings. The Kier molecular flexibility index (Phi) is 4.76. The second-order valence-electron chi connectivity index (χ2n) is 5.32. The summed E-state index contributed by atoms with van der Waals surface area (Å²) in [5, 5.41) is 0. The number of hydrogen-bond donors (Lipinski definition) is 0. The van der Waals surface area contributed by atoms with Crippen molar-refractivity contribution >= 4 is 15.9 Å². The van der Waals surface area contributed by atoms with E-state index < -0.39 is 0 Å². The van der Waals surface area contributed by atoms with Crippen molar-refractivity contribution in [1.29, 1.82) is 0 Å². The van der Waals surface area contributed by atoms with E-state index in [9.17, 15) is 0 Å². The highest BCUT2D eigenvalue weighted by atomic mass is 79.9. The van der Waals surface area contributed by atoms with Gasteiger partial charge in [-0.2, -0.15) is 0 Å². The number of hydrogen-bond acceptors (Lipinski definition) is 1. The van der Waals surface area contributed by atoms with Gasteiger partial charge in [-0.15, -0.1) is 0 Å². The molecule has 0 amide bonds. The van der Waals surface area contributed by atoms with E-state index in [1.165, 1.54) is 16.7 Å². The van der Waals surface area contributed by atoms with Crippen molar-refractivity contribution in [2.24, 2.45) is 0 Å². The second kappa shape index (κ2) is 6.33. The summed E-state index contributed by atoms with van der Waals surface area (Å²) in [7, 11) is 0. The number of halogens is 1. The lowest BCUT2D eigenvalue weighted by atomic mass is 10.00. The van der Waals surface area contributed by atoms with Crippen molar-refractivity contribution in [3.63, 3.8) is 0 Å². The van der Waals surface area contributed by atoms with Crippen LogP contribution in [-0.2, 0) is 6.42 Å². The van der Waals surface area contributed by atoms with E-state index in [2.05, 4.69) is 78.1 Å². The summed E-state index contributed by atoms with van der Waals surface area (Å²) in [5.74, 6) is 0.585. The highest BCUT2D eigenvalue weighted by Crippen LogP contribution is 2.27. The van der Waals surface area contributed by atoms with Crippen LogP contribution < -0.4 is 0 Å². The Balaban J connectivity index is 2.07. The van der Waals surface area contributed by atoms with Crippen LogP contribution in [0.3, 0.4) is 0 Å². The van der Waals surface area contributed by atoms with Gasteiger partial charge in [0.05, 0.1) is 0 Å². The average molecular weight is 318 g/mol. The highest BCUT2D eigenvalue weighted by Gasteiger charge is 2.09. The van der Waals surface area contributed by atoms with Crippen LogP contribution in [0.15, 0.2) is 42.6 Å². The molecule has 0 saturated heterocycles. The monoisotopic (exact) mass is 317 g/mol. The molecule has 0 saturated carbocycles. The SMILES string of the molecule is Cc1ccc(CC(Br)c2ccc(C(C)C)cc2)nc1. The molecule has 0 radical (unpaired) electrons. The molecule has 1 aromatic carbocycles. The summed E-state index contributed by atoms with van der Waals surface area (Å²) in [6, 6.07) is 13.1. The van der Waals surface area contributed by atoms with Crippen LogP contribution >= 0.6 is 15.9 Å². The Hall–Kier alpha value is -1.15. The first-order valence-electron chi connectivity index (χ1n) is 6.71. The minimum atomic E-state index is 0.323. The fourth-order valence-corrected chi connectivity index (χ4v) is 2.65. The molecule has 100 valence electrons. The van der Waals surface area contributed by atoms with Crippen molar-refractivity contribution in [3.8, 4) is 0 Å². The Morgan fingerprint density at radius 1 is 1.00 bits per heavy atom. The van der Waals surface area contributed by atoms with Crippen molar-refractivity contribution in [1.82, 2.24) is 4.98 Å². The number of pyridine rings is 1. The van der Waals surface area contributed by atoms with Gasteiger partial charge in [-0.1, -0.05) is 60.1 Å². The number of alkyl halides is 1. The van der Waals surface area contributed by atoms with Crippen LogP contribution in [0.2, 0.25) is 0 Å². The lowest BCUT2D eigenvalue weighted by Crippen LogP contribution is -1.98. The van der Waals surface area contributed by atoms with Crippen LogP contribution in [0, 0.1) is 6.92 Å². The maximum absolute atomic E-state index is 4.46. The molecule has 0 aliphatic rings. The average Bonchev–Trinajstić information content (AvgIpc) is 2.41. The molecule has 0 bridgehead atoms. The molecular formula is C17H20BrN. The van der Waals surface area contributed by atoms with Gasteiger partial charge < -0.3 is 0 Å². The number of rotatable bonds is 4. The molecule has 1 unspecified atom stereocenters. The number of aryl methyl sites for hydroxylation is 1. The van der Waals surface area contributed by atoms with E-state index in [4.69, 9.17) is 0 Å². The third-order valence-electron chi connectivity index (χ3n) is 3.33. The molecule has 0 spiro atoms. The van der Waals surface area contributed by atoms with Crippen LogP contribution in [0.4, 0.5) is 0 Å². The highest BCUT2D eigenvalue weighted by molar-refractivity contribution is 9.09. The van der Waals surface area contributed by atoms with Crippen molar-refractivity contribution in [3.05, 3.63) is 65.0 Å². The van der Waals surface area contributed by atoms with Crippen LogP contribution in [0.5, 0.6) is 0 Å². The van der Waals surface area contributed by atoms with Crippen molar-refractivity contribution < 1.29 is 0 Å². The van der Waals surface area contributed by atoms with E-state index >= 15 is 0 Å². The first-order valence-corrected chi connectivity index (χ1v) is 7.63. The Morgan fingerprint density at radius 3 is 2.16 bits per heavy atom. The van der Waals surface area contributed by atoms with E-state index in [0.717, 1.165) is 12.1 Å². The van der Waals surface area contributed by atoms with Gasteiger partial charge in [0, 0.05) is 23.1 Å². The number of benzene rings is 1. The zero-order valence-corrected chi connectivity index (χ0v) is 13.3. The summed E-state index contributed by atoms with van der Waals surface area (Å²) in [6.45, 7) is 6.50. The fourth-order valence-electron chi connectivity index (χ4n) is 2.01. The van der Waals surface area contributed by atoms with E-state index in [1.54, 1.807) is 0 Å². The molecule has 19 heavy (non-hydrogen) atoms. The summed E-state index contributed by atoms with van der Waals surface area (Å²) < 4.78 is 0. The van der Waals surface area contributed by atoms with Gasteiger partial charge >= 0.3 is 0 Å². The first kappa shape index (κ1) is 14.3. The predicted molar refractivity (Wildman–Crippen MR) is 84.9 cm³/mol. The van der Waals surface area contributed by atoms with Gasteiger partial charge in [-0.3, -0.25) is 4.98 Å². The summed E-state index contributed by atoms with van der Waals surface area (Å²) >= 11 is 3.76. The molecule has 1 atom stereocenters. The van der Waals surface area contributed by atoms with Gasteiger partial charge in [-0.05, 0) is 35.6 Å². The van der Waals surface area contributed by atoms with Crippen LogP contribution in [0.1, 0.15) is 47.0 Å². The largest absolute Gasteiger partial charge is 0.261 e. The van der Waals surface area contributed by atoms with Gasteiger partial charge in [-0.25, -0.2) is 0 Å². The maximum atomic E-state index is 4.46. The zero-order valence-electron chi connectivity index (χ0n) is 11.7. The molecule has 1 heterocycles. The second-order valence-corrected chi connectivity index (χ2v) is 6.43. The maximum Gasteiger partial charge on any atom is 0.0450 e. The molecule has 1 aromatic heterocycles. The normalized spacial score (nSPS) is 12.7. The fraction of sp³-hybridized carbons (Fsp3) is 0.353. The summed E-state index contributed by atoms with van der Waals surface area (Å²) in [6.07, 6.45) is 2.85. The lowest BCUT2D eigenvalue weighted by Gasteiger charge is -2.12. The molecular weight excluding hydrogens is 298 g/mol. The predicted octanol–water partition coefficient (Wildman–Crippen LogP) is 5.19.